The third-order valence-electron chi connectivity index (χ3n) is 10.7. The Kier molecular flexibility index (Phi) is 6.76. The summed E-state index contributed by atoms with van der Waals surface area (Å²) in [7, 11) is 0. The lowest BCUT2D eigenvalue weighted by atomic mass is 9.96. The average Bonchev–Trinajstić information content (AvgIpc) is 3.76. The Morgan fingerprint density at radius 1 is 0.396 bits per heavy atom. The van der Waals surface area contributed by atoms with E-state index in [1.807, 2.05) is 11.3 Å². The van der Waals surface area contributed by atoms with Gasteiger partial charge < -0.3 is 9.47 Å². The van der Waals surface area contributed by atoms with E-state index in [1.165, 1.54) is 80.3 Å². The molecule has 0 N–H and O–H groups in total. The lowest BCUT2D eigenvalue weighted by molar-refractivity contribution is 1.18. The van der Waals surface area contributed by atoms with E-state index in [4.69, 9.17) is 0 Å². The Bertz CT molecular complexity index is 3170. The van der Waals surface area contributed by atoms with E-state index in [2.05, 4.69) is 204 Å². The first-order valence-electron chi connectivity index (χ1n) is 18.1. The number of nitrogens with zero attached hydrogens (tertiary/aromatic N) is 2. The number of rotatable bonds is 5. The van der Waals surface area contributed by atoms with Crippen LogP contribution in [0, 0.1) is 0 Å². The van der Waals surface area contributed by atoms with Gasteiger partial charge in [0.1, 0.15) is 0 Å². The van der Waals surface area contributed by atoms with Crippen LogP contribution in [0.4, 0.5) is 17.1 Å². The Labute approximate surface area is 311 Å². The molecular weight excluding hydrogens is 661 g/mol. The maximum Gasteiger partial charge on any atom is 0.0561 e. The van der Waals surface area contributed by atoms with Crippen molar-refractivity contribution in [1.29, 1.82) is 0 Å². The van der Waals surface area contributed by atoms with Crippen LogP contribution in [0.3, 0.4) is 0 Å². The first kappa shape index (κ1) is 30.0. The van der Waals surface area contributed by atoms with Crippen molar-refractivity contribution in [2.24, 2.45) is 0 Å². The molecule has 0 saturated carbocycles. The standard InChI is InChI=1S/C50H32N2S/c1-3-14-33(15-4-1)38-28-29-45(40-21-10-9-20-39(38)40)52(46-24-13-25-48-50(46)43-30-34-16-7-8-17-35(34)31-49(43)53-48)37-26-27-42-41-22-11-12-23-44(41)51(47(42)32-37)36-18-5-2-6-19-36/h1-32H. The first-order valence-corrected chi connectivity index (χ1v) is 18.9. The Hall–Kier alpha value is -6.68. The zero-order valence-corrected chi connectivity index (χ0v) is 29.6. The fourth-order valence-electron chi connectivity index (χ4n) is 8.39. The van der Waals surface area contributed by atoms with Crippen molar-refractivity contribution in [2.45, 2.75) is 0 Å². The second-order valence-corrected chi connectivity index (χ2v) is 14.8. The molecular formula is C50H32N2S. The summed E-state index contributed by atoms with van der Waals surface area (Å²) in [5.41, 5.74) is 9.41. The van der Waals surface area contributed by atoms with Gasteiger partial charge in [0.15, 0.2) is 0 Å². The van der Waals surface area contributed by atoms with E-state index >= 15 is 0 Å². The molecule has 0 fully saturated rings. The molecule has 9 aromatic carbocycles. The zero-order valence-electron chi connectivity index (χ0n) is 28.8. The predicted octanol–water partition coefficient (Wildman–Crippen LogP) is 14.6. The molecule has 11 aromatic rings. The number of para-hydroxylation sites is 2. The van der Waals surface area contributed by atoms with Crippen LogP contribution in [-0.2, 0) is 0 Å². The molecule has 0 aliphatic carbocycles. The molecule has 3 heteroatoms. The van der Waals surface area contributed by atoms with Crippen molar-refractivity contribution in [3.8, 4) is 16.8 Å². The van der Waals surface area contributed by atoms with Gasteiger partial charge in [-0.1, -0.05) is 133 Å². The minimum atomic E-state index is 1.11. The van der Waals surface area contributed by atoms with E-state index in [-0.39, 0.29) is 0 Å². The first-order chi connectivity index (χ1) is 26.3. The van der Waals surface area contributed by atoms with Gasteiger partial charge in [-0.15, -0.1) is 11.3 Å². The van der Waals surface area contributed by atoms with Gasteiger partial charge in [-0.3, -0.25) is 0 Å². The monoisotopic (exact) mass is 692 g/mol. The van der Waals surface area contributed by atoms with E-state index < -0.39 is 0 Å². The number of anilines is 3. The van der Waals surface area contributed by atoms with Crippen LogP contribution in [0.5, 0.6) is 0 Å². The van der Waals surface area contributed by atoms with Crippen molar-refractivity contribution in [2.75, 3.05) is 4.90 Å². The van der Waals surface area contributed by atoms with Crippen LogP contribution in [0.15, 0.2) is 194 Å². The fourth-order valence-corrected chi connectivity index (χ4v) is 9.55. The summed E-state index contributed by atoms with van der Waals surface area (Å²) < 4.78 is 4.99. The quantitative estimate of drug-likeness (QED) is 0.174. The van der Waals surface area contributed by atoms with Crippen molar-refractivity contribution in [3.63, 3.8) is 0 Å². The second kappa shape index (κ2) is 11.9. The molecule has 11 rings (SSSR count). The molecule has 0 aliphatic heterocycles. The van der Waals surface area contributed by atoms with E-state index in [0.29, 0.717) is 0 Å². The van der Waals surface area contributed by atoms with Crippen LogP contribution < -0.4 is 4.90 Å². The van der Waals surface area contributed by atoms with Gasteiger partial charge in [0, 0.05) is 47.7 Å². The number of fused-ring (bicyclic) bond motifs is 8. The molecule has 0 unspecified atom stereocenters. The summed E-state index contributed by atoms with van der Waals surface area (Å²) in [4.78, 5) is 2.51. The van der Waals surface area contributed by atoms with Crippen LogP contribution in [0.2, 0.25) is 0 Å². The fraction of sp³-hybridized carbons (Fsp3) is 0. The van der Waals surface area contributed by atoms with Crippen molar-refractivity contribution >= 4 is 91.9 Å². The lowest BCUT2D eigenvalue weighted by Crippen LogP contribution is -2.11. The lowest BCUT2D eigenvalue weighted by Gasteiger charge is -2.28. The molecule has 0 bridgehead atoms. The highest BCUT2D eigenvalue weighted by Gasteiger charge is 2.23. The number of hydrogen-bond acceptors (Lipinski definition) is 2. The molecule has 0 amide bonds. The van der Waals surface area contributed by atoms with E-state index in [0.717, 1.165) is 17.1 Å². The van der Waals surface area contributed by atoms with E-state index in [1.54, 1.807) is 0 Å². The summed E-state index contributed by atoms with van der Waals surface area (Å²) >= 11 is 1.88. The highest BCUT2D eigenvalue weighted by molar-refractivity contribution is 7.26. The van der Waals surface area contributed by atoms with Crippen LogP contribution in [0.25, 0.3) is 80.3 Å². The van der Waals surface area contributed by atoms with Crippen molar-refractivity contribution in [1.82, 2.24) is 4.57 Å². The number of aromatic nitrogens is 1. The molecule has 0 spiro atoms. The SMILES string of the molecule is c1ccc(-c2ccc(N(c3ccc4c5ccccc5n(-c5ccccc5)c4c3)c3cccc4sc5cc6ccccc6cc5c34)c3ccccc23)cc1. The van der Waals surface area contributed by atoms with Gasteiger partial charge in [0.25, 0.3) is 0 Å². The number of thiophene rings is 1. The second-order valence-electron chi connectivity index (χ2n) is 13.7. The van der Waals surface area contributed by atoms with Gasteiger partial charge in [-0.05, 0) is 87.9 Å². The van der Waals surface area contributed by atoms with Crippen molar-refractivity contribution < 1.29 is 0 Å². The molecule has 0 saturated heterocycles. The normalized spacial score (nSPS) is 11.8. The Morgan fingerprint density at radius 3 is 1.91 bits per heavy atom. The average molecular weight is 693 g/mol. The summed E-state index contributed by atoms with van der Waals surface area (Å²) in [5.74, 6) is 0. The zero-order chi connectivity index (χ0) is 34.9. The number of hydrogen-bond donors (Lipinski definition) is 0. The van der Waals surface area contributed by atoms with Gasteiger partial charge >= 0.3 is 0 Å². The summed E-state index contributed by atoms with van der Waals surface area (Å²) in [6.07, 6.45) is 0. The maximum atomic E-state index is 2.51. The maximum absolute atomic E-state index is 2.51. The van der Waals surface area contributed by atoms with Gasteiger partial charge in [0.2, 0.25) is 0 Å². The van der Waals surface area contributed by atoms with Gasteiger partial charge in [-0.2, -0.15) is 0 Å². The summed E-state index contributed by atoms with van der Waals surface area (Å²) in [6.45, 7) is 0. The Balaban J connectivity index is 1.25. The topological polar surface area (TPSA) is 8.17 Å². The molecule has 2 heterocycles. The molecule has 2 nitrogen and oxygen atoms in total. The predicted molar refractivity (Wildman–Crippen MR) is 229 cm³/mol. The minimum Gasteiger partial charge on any atom is -0.309 e. The molecule has 0 atom stereocenters. The highest BCUT2D eigenvalue weighted by atomic mass is 32.1. The summed E-state index contributed by atoms with van der Waals surface area (Å²) in [6, 6.07) is 71.0. The smallest absolute Gasteiger partial charge is 0.0561 e. The highest BCUT2D eigenvalue weighted by Crippen LogP contribution is 2.49. The van der Waals surface area contributed by atoms with Crippen LogP contribution >= 0.6 is 11.3 Å². The molecule has 2 aromatic heterocycles. The van der Waals surface area contributed by atoms with Crippen LogP contribution in [0.1, 0.15) is 0 Å². The van der Waals surface area contributed by atoms with E-state index in [9.17, 15) is 0 Å². The minimum absolute atomic E-state index is 1.11. The molecule has 0 aliphatic rings. The molecule has 248 valence electrons. The third kappa shape index (κ3) is 4.71. The largest absolute Gasteiger partial charge is 0.309 e. The third-order valence-corrected chi connectivity index (χ3v) is 11.9. The molecule has 53 heavy (non-hydrogen) atoms. The Morgan fingerprint density at radius 2 is 1.08 bits per heavy atom. The molecule has 0 radical (unpaired) electrons. The van der Waals surface area contributed by atoms with Gasteiger partial charge in [0.05, 0.1) is 22.4 Å². The number of benzene rings is 9. The van der Waals surface area contributed by atoms with Crippen molar-refractivity contribution in [3.05, 3.63) is 194 Å². The van der Waals surface area contributed by atoms with Crippen LogP contribution in [-0.4, -0.2) is 4.57 Å². The van der Waals surface area contributed by atoms with Gasteiger partial charge in [-0.25, -0.2) is 0 Å². The summed E-state index contributed by atoms with van der Waals surface area (Å²) in [5, 5.41) is 10.0.